The lowest BCUT2D eigenvalue weighted by Gasteiger charge is -2.14. The summed E-state index contributed by atoms with van der Waals surface area (Å²) in [6.07, 6.45) is 5.50. The molecule has 0 bridgehead atoms. The second-order valence-corrected chi connectivity index (χ2v) is 2.49. The number of ketones is 1. The van der Waals surface area contributed by atoms with Crippen molar-refractivity contribution in [2.75, 3.05) is 0 Å². The smallest absolute Gasteiger partial charge is 0.286 e. The number of carbonyl (C=O) groups is 1. The molecular weight excluding hydrogens is 146 g/mol. The Kier molecular flexibility index (Phi) is 1.60. The van der Waals surface area contributed by atoms with Crippen LogP contribution < -0.4 is 0 Å². The number of hydrogen-bond acceptors (Lipinski definition) is 3. The van der Waals surface area contributed by atoms with E-state index in [-0.39, 0.29) is 0 Å². The van der Waals surface area contributed by atoms with Gasteiger partial charge in [-0.25, -0.2) is 0 Å². The van der Waals surface area contributed by atoms with Gasteiger partial charge < -0.3 is 0 Å². The first-order valence-corrected chi connectivity index (χ1v) is 3.12. The molecule has 1 atom stereocenters. The van der Waals surface area contributed by atoms with E-state index in [1.54, 1.807) is 0 Å². The Morgan fingerprint density at radius 2 is 2.18 bits per heavy atom. The van der Waals surface area contributed by atoms with E-state index >= 15 is 0 Å². The van der Waals surface area contributed by atoms with Crippen LogP contribution in [0.2, 0.25) is 0 Å². The molecular formula is C7H7NO3. The highest BCUT2D eigenvalue weighted by Crippen LogP contribution is 2.16. The molecule has 0 heterocycles. The van der Waals surface area contributed by atoms with Crippen LogP contribution in [0.1, 0.15) is 6.92 Å². The van der Waals surface area contributed by atoms with Crippen LogP contribution in [0.15, 0.2) is 24.3 Å². The van der Waals surface area contributed by atoms with Crippen LogP contribution in [0.3, 0.4) is 0 Å². The Bertz CT molecular complexity index is 267. The lowest BCUT2D eigenvalue weighted by molar-refractivity contribution is -0.532. The number of rotatable bonds is 1. The van der Waals surface area contributed by atoms with Gasteiger partial charge in [-0.15, -0.1) is 0 Å². The van der Waals surface area contributed by atoms with E-state index in [0.29, 0.717) is 0 Å². The van der Waals surface area contributed by atoms with Crippen LogP contribution in [0.5, 0.6) is 0 Å². The molecule has 11 heavy (non-hydrogen) atoms. The predicted molar refractivity (Wildman–Crippen MR) is 38.7 cm³/mol. The lowest BCUT2D eigenvalue weighted by atomic mass is 9.93. The Morgan fingerprint density at radius 1 is 1.55 bits per heavy atom. The first kappa shape index (κ1) is 7.65. The Morgan fingerprint density at radius 3 is 2.55 bits per heavy atom. The fourth-order valence-electron chi connectivity index (χ4n) is 0.788. The van der Waals surface area contributed by atoms with E-state index < -0.39 is 16.2 Å². The molecule has 0 aliphatic heterocycles. The van der Waals surface area contributed by atoms with Gasteiger partial charge in [-0.2, -0.15) is 0 Å². The Labute approximate surface area is 63.4 Å². The van der Waals surface area contributed by atoms with Crippen molar-refractivity contribution in [1.82, 2.24) is 0 Å². The largest absolute Gasteiger partial charge is 0.298 e. The van der Waals surface area contributed by atoms with Gasteiger partial charge in [0.25, 0.3) is 5.54 Å². The van der Waals surface area contributed by atoms with Crippen LogP contribution >= 0.6 is 0 Å². The molecule has 0 aromatic heterocycles. The fraction of sp³-hybridized carbons (Fsp3) is 0.286. The molecule has 0 aromatic carbocycles. The van der Waals surface area contributed by atoms with Gasteiger partial charge in [-0.1, -0.05) is 12.2 Å². The highest BCUT2D eigenvalue weighted by atomic mass is 16.6. The molecule has 0 saturated heterocycles. The van der Waals surface area contributed by atoms with Crippen LogP contribution in [-0.2, 0) is 4.79 Å². The number of carbonyl (C=O) groups excluding carboxylic acids is 1. The SMILES string of the molecule is CC1([N+](=O)[O-])C=CC=CC1=O. The molecule has 0 spiro atoms. The van der Waals surface area contributed by atoms with E-state index in [1.165, 1.54) is 31.2 Å². The molecule has 0 fully saturated rings. The molecule has 1 rings (SSSR count). The topological polar surface area (TPSA) is 60.2 Å². The summed E-state index contributed by atoms with van der Waals surface area (Å²) in [6, 6.07) is 0. The van der Waals surface area contributed by atoms with Crippen molar-refractivity contribution in [3.05, 3.63) is 34.4 Å². The van der Waals surface area contributed by atoms with Crippen LogP contribution in [0.25, 0.3) is 0 Å². The number of allylic oxidation sites excluding steroid dienone is 2. The van der Waals surface area contributed by atoms with Crippen LogP contribution in [0.4, 0.5) is 0 Å². The summed E-state index contributed by atoms with van der Waals surface area (Å²) in [5.74, 6) is -0.481. The molecule has 1 aliphatic rings. The molecule has 1 unspecified atom stereocenters. The molecule has 0 saturated carbocycles. The second kappa shape index (κ2) is 2.30. The maximum Gasteiger partial charge on any atom is 0.298 e. The minimum absolute atomic E-state index is 0.481. The molecule has 0 amide bonds. The zero-order valence-electron chi connectivity index (χ0n) is 5.98. The minimum Gasteiger partial charge on any atom is -0.286 e. The Balaban J connectivity index is 3.04. The summed E-state index contributed by atoms with van der Waals surface area (Å²) < 4.78 is 0. The zero-order valence-corrected chi connectivity index (χ0v) is 5.98. The molecule has 1 aliphatic carbocycles. The quantitative estimate of drug-likeness (QED) is 0.412. The van der Waals surface area contributed by atoms with Crippen molar-refractivity contribution in [2.24, 2.45) is 0 Å². The molecule has 4 heteroatoms. The highest BCUT2D eigenvalue weighted by molar-refractivity contribution is 5.99. The van der Waals surface area contributed by atoms with Gasteiger partial charge >= 0.3 is 0 Å². The van der Waals surface area contributed by atoms with E-state index in [0.717, 1.165) is 0 Å². The third kappa shape index (κ3) is 1.07. The van der Waals surface area contributed by atoms with Gasteiger partial charge in [0.1, 0.15) is 0 Å². The third-order valence-corrected chi connectivity index (χ3v) is 1.66. The summed E-state index contributed by atoms with van der Waals surface area (Å²) in [5.41, 5.74) is -1.55. The van der Waals surface area contributed by atoms with Crippen molar-refractivity contribution in [3.8, 4) is 0 Å². The maximum absolute atomic E-state index is 11.0. The summed E-state index contributed by atoms with van der Waals surface area (Å²) in [4.78, 5) is 20.8. The first-order valence-electron chi connectivity index (χ1n) is 3.12. The highest BCUT2D eigenvalue weighted by Gasteiger charge is 2.42. The number of nitro groups is 1. The monoisotopic (exact) mass is 153 g/mol. The summed E-state index contributed by atoms with van der Waals surface area (Å²) in [6.45, 7) is 1.29. The third-order valence-electron chi connectivity index (χ3n) is 1.66. The van der Waals surface area contributed by atoms with Gasteiger partial charge in [-0.05, 0) is 12.2 Å². The minimum atomic E-state index is -1.55. The fourth-order valence-corrected chi connectivity index (χ4v) is 0.788. The van der Waals surface area contributed by atoms with Crippen LogP contribution in [-0.4, -0.2) is 16.2 Å². The normalized spacial score (nSPS) is 29.0. The van der Waals surface area contributed by atoms with E-state index in [2.05, 4.69) is 0 Å². The molecule has 0 N–H and O–H groups in total. The standard InChI is InChI=1S/C7H7NO3/c1-7(8(10)11)5-3-2-4-6(7)9/h2-5H,1H3. The average molecular weight is 153 g/mol. The van der Waals surface area contributed by atoms with E-state index in [9.17, 15) is 14.9 Å². The zero-order chi connectivity index (χ0) is 8.48. The summed E-state index contributed by atoms with van der Waals surface area (Å²) in [5, 5.41) is 10.4. The van der Waals surface area contributed by atoms with Crippen molar-refractivity contribution < 1.29 is 9.72 Å². The molecule has 4 nitrogen and oxygen atoms in total. The summed E-state index contributed by atoms with van der Waals surface area (Å²) >= 11 is 0. The van der Waals surface area contributed by atoms with E-state index in [4.69, 9.17) is 0 Å². The number of hydrogen-bond donors (Lipinski definition) is 0. The predicted octanol–water partition coefficient (Wildman–Crippen LogP) is 0.717. The van der Waals surface area contributed by atoms with Crippen LogP contribution in [0, 0.1) is 10.1 Å². The first-order chi connectivity index (χ1) is 5.07. The van der Waals surface area contributed by atoms with Crippen molar-refractivity contribution in [2.45, 2.75) is 12.5 Å². The van der Waals surface area contributed by atoms with Crippen molar-refractivity contribution in [1.29, 1.82) is 0 Å². The summed E-state index contributed by atoms with van der Waals surface area (Å²) in [7, 11) is 0. The van der Waals surface area contributed by atoms with Gasteiger partial charge in [-0.3, -0.25) is 14.9 Å². The van der Waals surface area contributed by atoms with Crippen molar-refractivity contribution >= 4 is 5.78 Å². The van der Waals surface area contributed by atoms with E-state index in [1.807, 2.05) is 0 Å². The molecule has 0 radical (unpaired) electrons. The molecule has 0 aromatic rings. The molecule has 58 valence electrons. The lowest BCUT2D eigenvalue weighted by Crippen LogP contribution is -2.41. The van der Waals surface area contributed by atoms with Gasteiger partial charge in [0.05, 0.1) is 0 Å². The van der Waals surface area contributed by atoms with Gasteiger partial charge in [0.2, 0.25) is 5.78 Å². The van der Waals surface area contributed by atoms with Gasteiger partial charge in [0.15, 0.2) is 0 Å². The van der Waals surface area contributed by atoms with Gasteiger partial charge in [0, 0.05) is 11.8 Å². The number of nitrogens with zero attached hydrogens (tertiary/aromatic N) is 1. The average Bonchev–Trinajstić information content (AvgIpc) is 1.95. The maximum atomic E-state index is 11.0. The van der Waals surface area contributed by atoms with Crippen molar-refractivity contribution in [3.63, 3.8) is 0 Å². The Hall–Kier alpha value is -1.45. The second-order valence-electron chi connectivity index (χ2n) is 2.49.